The summed E-state index contributed by atoms with van der Waals surface area (Å²) in [4.78, 5) is 4.07. The number of hydrogen-bond acceptors (Lipinski definition) is 3. The standard InChI is InChI=1S/C16H19NO2/c1-2-15(18)14-7-3-4-8-16(14)19-11-9-13-6-5-10-17-12-13/h3-8,10,12,15,18H,2,9,11H2,1H3/t15-/m1/s1. The zero-order valence-electron chi connectivity index (χ0n) is 11.1. The summed E-state index contributed by atoms with van der Waals surface area (Å²) in [5.74, 6) is 0.765. The molecule has 1 aromatic heterocycles. The van der Waals surface area contributed by atoms with E-state index in [0.717, 1.165) is 23.3 Å². The van der Waals surface area contributed by atoms with Gasteiger partial charge in [0.05, 0.1) is 12.7 Å². The van der Waals surface area contributed by atoms with Gasteiger partial charge >= 0.3 is 0 Å². The lowest BCUT2D eigenvalue weighted by atomic mass is 10.1. The third kappa shape index (κ3) is 3.80. The molecule has 0 aliphatic carbocycles. The highest BCUT2D eigenvalue weighted by molar-refractivity contribution is 5.35. The van der Waals surface area contributed by atoms with Crippen LogP contribution < -0.4 is 4.74 Å². The number of rotatable bonds is 6. The van der Waals surface area contributed by atoms with E-state index in [1.54, 1.807) is 6.20 Å². The molecular formula is C16H19NO2. The Morgan fingerprint density at radius 3 is 2.79 bits per heavy atom. The Bertz CT molecular complexity index is 499. The van der Waals surface area contributed by atoms with Crippen molar-refractivity contribution in [2.45, 2.75) is 25.9 Å². The van der Waals surface area contributed by atoms with Crippen LogP contribution in [0.3, 0.4) is 0 Å². The van der Waals surface area contributed by atoms with E-state index >= 15 is 0 Å². The molecular weight excluding hydrogens is 238 g/mol. The molecule has 2 rings (SSSR count). The lowest BCUT2D eigenvalue weighted by molar-refractivity contribution is 0.167. The van der Waals surface area contributed by atoms with Crippen LogP contribution in [0.5, 0.6) is 5.75 Å². The SMILES string of the molecule is CC[C@@H](O)c1ccccc1OCCc1cccnc1. The van der Waals surface area contributed by atoms with Crippen LogP contribution in [0.4, 0.5) is 0 Å². The first-order chi connectivity index (χ1) is 9.31. The highest BCUT2D eigenvalue weighted by atomic mass is 16.5. The first-order valence-corrected chi connectivity index (χ1v) is 6.60. The fourth-order valence-corrected chi connectivity index (χ4v) is 1.93. The Hall–Kier alpha value is -1.87. The maximum absolute atomic E-state index is 9.94. The maximum atomic E-state index is 9.94. The van der Waals surface area contributed by atoms with Crippen LogP contribution >= 0.6 is 0 Å². The van der Waals surface area contributed by atoms with Crippen LogP contribution in [0.1, 0.15) is 30.6 Å². The quantitative estimate of drug-likeness (QED) is 0.864. The maximum Gasteiger partial charge on any atom is 0.125 e. The lowest BCUT2D eigenvalue weighted by Gasteiger charge is -2.14. The molecule has 1 aromatic carbocycles. The fraction of sp³-hybridized carbons (Fsp3) is 0.312. The summed E-state index contributed by atoms with van der Waals surface area (Å²) >= 11 is 0. The molecule has 0 spiro atoms. The van der Waals surface area contributed by atoms with E-state index < -0.39 is 6.10 Å². The monoisotopic (exact) mass is 257 g/mol. The summed E-state index contributed by atoms with van der Waals surface area (Å²) < 4.78 is 5.78. The van der Waals surface area contributed by atoms with Crippen molar-refractivity contribution in [1.82, 2.24) is 4.98 Å². The second-order valence-electron chi connectivity index (χ2n) is 4.42. The van der Waals surface area contributed by atoms with Crippen LogP contribution in [0, 0.1) is 0 Å². The molecule has 1 N–H and O–H groups in total. The Balaban J connectivity index is 1.96. The molecule has 1 atom stereocenters. The Kier molecular flexibility index (Phi) is 4.93. The van der Waals surface area contributed by atoms with Crippen molar-refractivity contribution in [3.63, 3.8) is 0 Å². The fourth-order valence-electron chi connectivity index (χ4n) is 1.93. The molecule has 3 heteroatoms. The van der Waals surface area contributed by atoms with E-state index in [0.29, 0.717) is 13.0 Å². The molecule has 0 amide bonds. The molecule has 1 heterocycles. The van der Waals surface area contributed by atoms with Gasteiger partial charge < -0.3 is 9.84 Å². The van der Waals surface area contributed by atoms with Gasteiger partial charge in [-0.3, -0.25) is 4.98 Å². The molecule has 19 heavy (non-hydrogen) atoms. The minimum atomic E-state index is -0.463. The average Bonchev–Trinajstić information content (AvgIpc) is 2.48. The summed E-state index contributed by atoms with van der Waals surface area (Å²) in [6, 6.07) is 11.6. The molecule has 0 saturated heterocycles. The Morgan fingerprint density at radius 1 is 1.21 bits per heavy atom. The van der Waals surface area contributed by atoms with Gasteiger partial charge in [-0.05, 0) is 24.1 Å². The van der Waals surface area contributed by atoms with Gasteiger partial charge in [0.1, 0.15) is 5.75 Å². The summed E-state index contributed by atoms with van der Waals surface area (Å²) in [7, 11) is 0. The van der Waals surface area contributed by atoms with Crippen molar-refractivity contribution in [3.8, 4) is 5.75 Å². The van der Waals surface area contributed by atoms with Crippen LogP contribution in [0.25, 0.3) is 0 Å². The van der Waals surface area contributed by atoms with Crippen molar-refractivity contribution in [2.24, 2.45) is 0 Å². The highest BCUT2D eigenvalue weighted by Gasteiger charge is 2.10. The predicted molar refractivity (Wildman–Crippen MR) is 75.1 cm³/mol. The van der Waals surface area contributed by atoms with Gasteiger partial charge in [0, 0.05) is 24.4 Å². The van der Waals surface area contributed by atoms with E-state index in [-0.39, 0.29) is 0 Å². The van der Waals surface area contributed by atoms with Crippen LogP contribution in [-0.2, 0) is 6.42 Å². The van der Waals surface area contributed by atoms with Crippen molar-refractivity contribution >= 4 is 0 Å². The van der Waals surface area contributed by atoms with Gasteiger partial charge in [0.15, 0.2) is 0 Å². The van der Waals surface area contributed by atoms with Gasteiger partial charge in [0.25, 0.3) is 0 Å². The minimum absolute atomic E-state index is 0.463. The first-order valence-electron chi connectivity index (χ1n) is 6.60. The molecule has 0 bridgehead atoms. The van der Waals surface area contributed by atoms with Crippen LogP contribution in [0.15, 0.2) is 48.8 Å². The van der Waals surface area contributed by atoms with E-state index in [2.05, 4.69) is 4.98 Å². The largest absolute Gasteiger partial charge is 0.493 e. The van der Waals surface area contributed by atoms with Gasteiger partial charge in [-0.25, -0.2) is 0 Å². The molecule has 100 valence electrons. The van der Waals surface area contributed by atoms with Gasteiger partial charge in [0.2, 0.25) is 0 Å². The van der Waals surface area contributed by atoms with Crippen molar-refractivity contribution in [2.75, 3.05) is 6.61 Å². The first kappa shape index (κ1) is 13.6. The second kappa shape index (κ2) is 6.90. The van der Waals surface area contributed by atoms with Gasteiger partial charge in [-0.15, -0.1) is 0 Å². The van der Waals surface area contributed by atoms with Crippen molar-refractivity contribution < 1.29 is 9.84 Å². The molecule has 0 aliphatic rings. The number of benzene rings is 1. The second-order valence-corrected chi connectivity index (χ2v) is 4.42. The zero-order valence-corrected chi connectivity index (χ0v) is 11.1. The summed E-state index contributed by atoms with van der Waals surface area (Å²) in [5, 5.41) is 9.94. The molecule has 0 radical (unpaired) electrons. The number of hydrogen-bond donors (Lipinski definition) is 1. The highest BCUT2D eigenvalue weighted by Crippen LogP contribution is 2.26. The van der Waals surface area contributed by atoms with E-state index in [1.165, 1.54) is 0 Å². The van der Waals surface area contributed by atoms with Gasteiger partial charge in [-0.1, -0.05) is 31.2 Å². The molecule has 2 aromatic rings. The lowest BCUT2D eigenvalue weighted by Crippen LogP contribution is -2.05. The van der Waals surface area contributed by atoms with Crippen LogP contribution in [0.2, 0.25) is 0 Å². The van der Waals surface area contributed by atoms with Crippen molar-refractivity contribution in [3.05, 3.63) is 59.9 Å². The molecule has 3 nitrogen and oxygen atoms in total. The topological polar surface area (TPSA) is 42.4 Å². The van der Waals surface area contributed by atoms with Crippen molar-refractivity contribution in [1.29, 1.82) is 0 Å². The third-order valence-electron chi connectivity index (χ3n) is 3.04. The molecule has 0 fully saturated rings. The number of ether oxygens (including phenoxy) is 1. The minimum Gasteiger partial charge on any atom is -0.493 e. The Morgan fingerprint density at radius 2 is 2.05 bits per heavy atom. The number of para-hydroxylation sites is 1. The number of aromatic nitrogens is 1. The van der Waals surface area contributed by atoms with E-state index in [1.807, 2.05) is 49.5 Å². The molecule has 0 unspecified atom stereocenters. The smallest absolute Gasteiger partial charge is 0.125 e. The number of nitrogens with zero attached hydrogens (tertiary/aromatic N) is 1. The number of aliphatic hydroxyl groups is 1. The molecule has 0 saturated carbocycles. The Labute approximate surface area is 113 Å². The summed E-state index contributed by atoms with van der Waals surface area (Å²) in [6.45, 7) is 2.54. The predicted octanol–water partition coefficient (Wildman–Crippen LogP) is 3.15. The summed E-state index contributed by atoms with van der Waals surface area (Å²) in [6.07, 6.45) is 4.63. The number of pyridine rings is 1. The third-order valence-corrected chi connectivity index (χ3v) is 3.04. The van der Waals surface area contributed by atoms with E-state index in [4.69, 9.17) is 4.74 Å². The normalized spacial score (nSPS) is 12.1. The van der Waals surface area contributed by atoms with Crippen LogP contribution in [-0.4, -0.2) is 16.7 Å². The van der Waals surface area contributed by atoms with Gasteiger partial charge in [-0.2, -0.15) is 0 Å². The molecule has 0 aliphatic heterocycles. The zero-order chi connectivity index (χ0) is 13.5. The van der Waals surface area contributed by atoms with E-state index in [9.17, 15) is 5.11 Å². The average molecular weight is 257 g/mol. The summed E-state index contributed by atoms with van der Waals surface area (Å²) in [5.41, 5.74) is 2.01. The number of aliphatic hydroxyl groups excluding tert-OH is 1.